The summed E-state index contributed by atoms with van der Waals surface area (Å²) in [5.74, 6) is 0. The minimum Gasteiger partial charge on any atom is -0.443 e. The van der Waals surface area contributed by atoms with E-state index in [2.05, 4.69) is 4.98 Å². The summed E-state index contributed by atoms with van der Waals surface area (Å²) in [6, 6.07) is 11.4. The van der Waals surface area contributed by atoms with Crippen LogP contribution in [0.15, 0.2) is 42.6 Å². The van der Waals surface area contributed by atoms with Gasteiger partial charge in [0.25, 0.3) is 0 Å². The van der Waals surface area contributed by atoms with E-state index in [0.29, 0.717) is 17.1 Å². The number of hydrogen-bond acceptors (Lipinski definition) is 4. The summed E-state index contributed by atoms with van der Waals surface area (Å²) in [5.41, 5.74) is 6.54. The van der Waals surface area contributed by atoms with Crippen LogP contribution in [0.4, 0.5) is 4.79 Å². The number of halogens is 1. The molecule has 1 aromatic carbocycles. The van der Waals surface area contributed by atoms with Crippen LogP contribution in [0.5, 0.6) is 0 Å². The fourth-order valence-electron chi connectivity index (χ4n) is 3.93. The molecule has 1 fully saturated rings. The number of aliphatic hydroxyl groups is 1. The van der Waals surface area contributed by atoms with Gasteiger partial charge in [-0.25, -0.2) is 4.79 Å². The average Bonchev–Trinajstić information content (AvgIpc) is 2.54. The van der Waals surface area contributed by atoms with Gasteiger partial charge < -0.3 is 15.6 Å². The van der Waals surface area contributed by atoms with Crippen molar-refractivity contribution in [3.8, 4) is 0 Å². The van der Waals surface area contributed by atoms with Crippen LogP contribution < -0.4 is 5.73 Å². The zero-order valence-electron chi connectivity index (χ0n) is 15.6. The van der Waals surface area contributed by atoms with Crippen molar-refractivity contribution in [2.75, 3.05) is 0 Å². The number of aromatic nitrogens is 1. The van der Waals surface area contributed by atoms with Gasteiger partial charge in [0, 0.05) is 23.1 Å². The van der Waals surface area contributed by atoms with Crippen molar-refractivity contribution >= 4 is 17.7 Å². The number of benzene rings is 1. The van der Waals surface area contributed by atoms with Crippen molar-refractivity contribution in [3.63, 3.8) is 0 Å². The third-order valence-corrected chi connectivity index (χ3v) is 5.62. The Morgan fingerprint density at radius 3 is 2.56 bits per heavy atom. The molecule has 144 valence electrons. The fourth-order valence-corrected chi connectivity index (χ4v) is 4.06. The van der Waals surface area contributed by atoms with Gasteiger partial charge in [-0.3, -0.25) is 4.98 Å². The fraction of sp³-hybridized carbons (Fsp3) is 0.429. The van der Waals surface area contributed by atoms with Crippen LogP contribution in [0.25, 0.3) is 0 Å². The van der Waals surface area contributed by atoms with E-state index in [4.69, 9.17) is 22.1 Å². The lowest BCUT2D eigenvalue weighted by molar-refractivity contribution is 0.0205. The highest BCUT2D eigenvalue weighted by atomic mass is 35.5. The summed E-state index contributed by atoms with van der Waals surface area (Å²) < 4.78 is 5.21. The van der Waals surface area contributed by atoms with Crippen LogP contribution in [-0.4, -0.2) is 21.8 Å². The normalized spacial score (nSPS) is 17.0. The summed E-state index contributed by atoms with van der Waals surface area (Å²) in [6.45, 7) is 3.58. The molecule has 1 heterocycles. The van der Waals surface area contributed by atoms with E-state index in [0.717, 1.165) is 30.4 Å². The van der Waals surface area contributed by atoms with Crippen molar-refractivity contribution in [2.45, 2.75) is 56.7 Å². The largest absolute Gasteiger partial charge is 0.443 e. The Morgan fingerprint density at radius 1 is 1.33 bits per heavy atom. The molecule has 2 aromatic rings. The van der Waals surface area contributed by atoms with Crippen molar-refractivity contribution in [3.05, 3.63) is 64.4 Å². The Hall–Kier alpha value is -2.11. The molecule has 1 unspecified atom stereocenters. The van der Waals surface area contributed by atoms with E-state index in [1.807, 2.05) is 36.4 Å². The van der Waals surface area contributed by atoms with Gasteiger partial charge in [-0.15, -0.1) is 0 Å². The molecule has 0 bridgehead atoms. The first kappa shape index (κ1) is 19.6. The molecule has 0 radical (unpaired) electrons. The molecule has 1 saturated carbocycles. The molecule has 1 aliphatic rings. The quantitative estimate of drug-likeness (QED) is 0.772. The predicted octanol–water partition coefficient (Wildman–Crippen LogP) is 4.31. The average molecular weight is 389 g/mol. The zero-order chi connectivity index (χ0) is 19.7. The number of aliphatic hydroxyl groups excluding tert-OH is 1. The van der Waals surface area contributed by atoms with Crippen LogP contribution in [0.3, 0.4) is 0 Å². The molecule has 6 heteroatoms. The van der Waals surface area contributed by atoms with E-state index in [1.54, 1.807) is 20.0 Å². The van der Waals surface area contributed by atoms with E-state index >= 15 is 0 Å². The van der Waals surface area contributed by atoms with Crippen LogP contribution in [-0.2, 0) is 16.6 Å². The predicted molar refractivity (Wildman–Crippen MR) is 105 cm³/mol. The highest BCUT2D eigenvalue weighted by Crippen LogP contribution is 2.52. The van der Waals surface area contributed by atoms with Crippen LogP contribution in [0, 0.1) is 0 Å². The number of rotatable bonds is 6. The first-order chi connectivity index (χ1) is 12.7. The number of carbonyl (C=O) groups is 1. The molecular formula is C21H25ClN2O3. The van der Waals surface area contributed by atoms with Crippen LogP contribution in [0.1, 0.15) is 56.0 Å². The Morgan fingerprint density at radius 2 is 2.00 bits per heavy atom. The summed E-state index contributed by atoms with van der Waals surface area (Å²) in [7, 11) is 0. The molecule has 0 aliphatic heterocycles. The molecule has 1 amide bonds. The lowest BCUT2D eigenvalue weighted by Gasteiger charge is -2.46. The Labute approximate surface area is 164 Å². The Kier molecular flexibility index (Phi) is 5.45. The monoisotopic (exact) mass is 388 g/mol. The molecule has 0 spiro atoms. The standard InChI is InChI=1S/C21H25ClN2O3/c1-20(2,27-19(23)26)13-14-5-3-12-24-17(14)18(25)21(10-4-11-21)15-6-8-16(22)9-7-15/h3,5-9,12,18,25H,4,10-11,13H2,1-2H3,(H2,23,26). The Bertz CT molecular complexity index is 816. The Balaban J connectivity index is 1.93. The summed E-state index contributed by atoms with van der Waals surface area (Å²) in [6.07, 6.45) is 3.33. The number of nitrogens with two attached hydrogens (primary N) is 1. The third-order valence-electron chi connectivity index (χ3n) is 5.37. The lowest BCUT2D eigenvalue weighted by atomic mass is 9.60. The molecule has 1 aromatic heterocycles. The summed E-state index contributed by atoms with van der Waals surface area (Å²) >= 11 is 6.03. The van der Waals surface area contributed by atoms with Crippen molar-refractivity contribution in [2.24, 2.45) is 5.73 Å². The van der Waals surface area contributed by atoms with Gasteiger partial charge in [0.1, 0.15) is 11.7 Å². The molecular weight excluding hydrogens is 364 g/mol. The SMILES string of the molecule is CC(C)(Cc1cccnc1C(O)C1(c2ccc(Cl)cc2)CCC1)OC(N)=O. The number of pyridine rings is 1. The molecule has 27 heavy (non-hydrogen) atoms. The van der Waals surface area contributed by atoms with Gasteiger partial charge in [0.05, 0.1) is 5.69 Å². The second kappa shape index (κ2) is 7.49. The smallest absolute Gasteiger partial charge is 0.405 e. The van der Waals surface area contributed by atoms with Gasteiger partial charge in [-0.2, -0.15) is 0 Å². The molecule has 0 saturated heterocycles. The number of ether oxygens (including phenoxy) is 1. The lowest BCUT2D eigenvalue weighted by Crippen LogP contribution is -2.41. The highest BCUT2D eigenvalue weighted by molar-refractivity contribution is 6.30. The first-order valence-corrected chi connectivity index (χ1v) is 9.48. The van der Waals surface area contributed by atoms with Crippen molar-refractivity contribution in [1.82, 2.24) is 4.98 Å². The minimum absolute atomic E-state index is 0.373. The number of amides is 1. The zero-order valence-corrected chi connectivity index (χ0v) is 16.4. The van der Waals surface area contributed by atoms with Gasteiger partial charge in [-0.1, -0.05) is 36.2 Å². The summed E-state index contributed by atoms with van der Waals surface area (Å²) in [5, 5.41) is 12.0. The summed E-state index contributed by atoms with van der Waals surface area (Å²) in [4.78, 5) is 15.7. The molecule has 5 nitrogen and oxygen atoms in total. The van der Waals surface area contributed by atoms with Gasteiger partial charge in [0.2, 0.25) is 0 Å². The number of nitrogens with zero attached hydrogens (tertiary/aromatic N) is 1. The van der Waals surface area contributed by atoms with E-state index in [-0.39, 0.29) is 5.41 Å². The van der Waals surface area contributed by atoms with Crippen molar-refractivity contribution in [1.29, 1.82) is 0 Å². The molecule has 3 N–H and O–H groups in total. The second-order valence-electron chi connectivity index (χ2n) is 7.82. The number of hydrogen-bond donors (Lipinski definition) is 2. The van der Waals surface area contributed by atoms with Gasteiger partial charge in [0.15, 0.2) is 0 Å². The minimum atomic E-state index is -0.817. The van der Waals surface area contributed by atoms with Crippen molar-refractivity contribution < 1.29 is 14.6 Å². The second-order valence-corrected chi connectivity index (χ2v) is 8.26. The van der Waals surface area contributed by atoms with E-state index < -0.39 is 17.8 Å². The first-order valence-electron chi connectivity index (χ1n) is 9.10. The van der Waals surface area contributed by atoms with Crippen LogP contribution >= 0.6 is 11.6 Å². The van der Waals surface area contributed by atoms with Crippen LogP contribution in [0.2, 0.25) is 5.02 Å². The topological polar surface area (TPSA) is 85.4 Å². The maximum Gasteiger partial charge on any atom is 0.405 e. The van der Waals surface area contributed by atoms with E-state index in [9.17, 15) is 9.90 Å². The maximum atomic E-state index is 11.3. The molecule has 1 aliphatic carbocycles. The molecule has 1 atom stereocenters. The maximum absolute atomic E-state index is 11.3. The number of primary amides is 1. The third kappa shape index (κ3) is 4.09. The van der Waals surface area contributed by atoms with Gasteiger partial charge in [-0.05, 0) is 56.0 Å². The number of carbonyl (C=O) groups excluding carboxylic acids is 1. The highest BCUT2D eigenvalue weighted by Gasteiger charge is 2.47. The van der Waals surface area contributed by atoms with Gasteiger partial charge >= 0.3 is 6.09 Å². The van der Waals surface area contributed by atoms with E-state index in [1.165, 1.54) is 0 Å². The molecule has 3 rings (SSSR count).